The minimum atomic E-state index is -0.690. The molecule has 1 aliphatic rings. The number of carbonyl (C=O) groups is 1. The van der Waals surface area contributed by atoms with E-state index >= 15 is 0 Å². The van der Waals surface area contributed by atoms with Crippen molar-refractivity contribution in [2.24, 2.45) is 5.92 Å². The molecule has 2 unspecified atom stereocenters. The minimum absolute atomic E-state index is 0.0763. The van der Waals surface area contributed by atoms with E-state index < -0.39 is 5.97 Å². The molecule has 0 aliphatic carbocycles. The van der Waals surface area contributed by atoms with Crippen molar-refractivity contribution >= 4 is 5.97 Å². The summed E-state index contributed by atoms with van der Waals surface area (Å²) in [5, 5.41) is 9.12. The Bertz CT molecular complexity index is 433. The molecule has 18 heavy (non-hydrogen) atoms. The van der Waals surface area contributed by atoms with Gasteiger partial charge in [-0.05, 0) is 26.0 Å². The summed E-state index contributed by atoms with van der Waals surface area (Å²) >= 11 is 0. The van der Waals surface area contributed by atoms with Gasteiger partial charge in [0.25, 0.3) is 0 Å². The van der Waals surface area contributed by atoms with E-state index in [-0.39, 0.29) is 12.0 Å². The summed E-state index contributed by atoms with van der Waals surface area (Å²) in [6.07, 6.45) is 0.728. The van der Waals surface area contributed by atoms with E-state index in [0.717, 1.165) is 30.8 Å². The first-order valence-corrected chi connectivity index (χ1v) is 6.22. The number of carboxylic acid groups (broad SMARTS) is 1. The van der Waals surface area contributed by atoms with E-state index in [2.05, 4.69) is 4.90 Å². The van der Waals surface area contributed by atoms with Gasteiger partial charge in [0.1, 0.15) is 5.75 Å². The van der Waals surface area contributed by atoms with Gasteiger partial charge in [0.05, 0.1) is 13.0 Å². The topological polar surface area (TPSA) is 49.8 Å². The Morgan fingerprint density at radius 3 is 2.83 bits per heavy atom. The molecule has 0 aromatic heterocycles. The maximum absolute atomic E-state index is 11.1. The second-order valence-corrected chi connectivity index (χ2v) is 4.76. The van der Waals surface area contributed by atoms with Crippen molar-refractivity contribution in [2.45, 2.75) is 25.9 Å². The third kappa shape index (κ3) is 2.48. The Kier molecular flexibility index (Phi) is 3.87. The van der Waals surface area contributed by atoms with E-state index in [1.807, 2.05) is 31.2 Å². The van der Waals surface area contributed by atoms with Gasteiger partial charge >= 0.3 is 5.97 Å². The Labute approximate surface area is 107 Å². The lowest BCUT2D eigenvalue weighted by Crippen LogP contribution is -2.32. The summed E-state index contributed by atoms with van der Waals surface area (Å²) < 4.78 is 5.32. The van der Waals surface area contributed by atoms with E-state index in [4.69, 9.17) is 9.84 Å². The number of hydrogen-bond donors (Lipinski definition) is 1. The first-order chi connectivity index (χ1) is 8.63. The van der Waals surface area contributed by atoms with E-state index in [0.29, 0.717) is 0 Å². The van der Waals surface area contributed by atoms with Gasteiger partial charge in [-0.15, -0.1) is 0 Å². The zero-order valence-electron chi connectivity index (χ0n) is 10.8. The summed E-state index contributed by atoms with van der Waals surface area (Å²) in [6.45, 7) is 3.56. The highest BCUT2D eigenvalue weighted by Crippen LogP contribution is 2.28. The van der Waals surface area contributed by atoms with Crippen LogP contribution in [0.2, 0.25) is 0 Å². The largest absolute Gasteiger partial charge is 0.496 e. The van der Waals surface area contributed by atoms with Crippen LogP contribution in [0.3, 0.4) is 0 Å². The van der Waals surface area contributed by atoms with Crippen molar-refractivity contribution in [1.29, 1.82) is 0 Å². The van der Waals surface area contributed by atoms with Crippen LogP contribution in [-0.2, 0) is 11.3 Å². The average molecular weight is 249 g/mol. The number of nitrogens with zero attached hydrogens (tertiary/aromatic N) is 1. The summed E-state index contributed by atoms with van der Waals surface area (Å²) in [4.78, 5) is 13.3. The molecular formula is C14H19NO3. The standard InChI is InChI=1S/C14H19NO3/c1-10-12(14(16)17)7-8-15(10)9-11-5-3-4-6-13(11)18-2/h3-6,10,12H,7-9H2,1-2H3,(H,16,17). The van der Waals surface area contributed by atoms with Gasteiger partial charge in [-0.3, -0.25) is 9.69 Å². The second-order valence-electron chi connectivity index (χ2n) is 4.76. The van der Waals surface area contributed by atoms with Gasteiger partial charge in [0, 0.05) is 18.2 Å². The molecule has 4 nitrogen and oxygen atoms in total. The van der Waals surface area contributed by atoms with Crippen LogP contribution in [0.15, 0.2) is 24.3 Å². The highest BCUT2D eigenvalue weighted by molar-refractivity contribution is 5.71. The lowest BCUT2D eigenvalue weighted by molar-refractivity contribution is -0.142. The zero-order valence-corrected chi connectivity index (χ0v) is 10.8. The Balaban J connectivity index is 2.09. The number of methoxy groups -OCH3 is 1. The van der Waals surface area contributed by atoms with Crippen molar-refractivity contribution in [3.8, 4) is 5.75 Å². The van der Waals surface area contributed by atoms with Crippen molar-refractivity contribution in [3.63, 3.8) is 0 Å². The van der Waals surface area contributed by atoms with Crippen LogP contribution in [0.1, 0.15) is 18.9 Å². The SMILES string of the molecule is COc1ccccc1CN1CCC(C(=O)O)C1C. The second kappa shape index (κ2) is 5.40. The van der Waals surface area contributed by atoms with Crippen molar-refractivity contribution < 1.29 is 14.6 Å². The average Bonchev–Trinajstić information content (AvgIpc) is 2.72. The van der Waals surface area contributed by atoms with Gasteiger partial charge in [0.2, 0.25) is 0 Å². The normalized spacial score (nSPS) is 24.1. The molecule has 0 spiro atoms. The van der Waals surface area contributed by atoms with E-state index in [1.165, 1.54) is 0 Å². The van der Waals surface area contributed by atoms with Crippen LogP contribution in [0.5, 0.6) is 5.75 Å². The van der Waals surface area contributed by atoms with E-state index in [1.54, 1.807) is 7.11 Å². The summed E-state index contributed by atoms with van der Waals surface area (Å²) in [7, 11) is 1.66. The Hall–Kier alpha value is -1.55. The fourth-order valence-corrected chi connectivity index (χ4v) is 2.61. The molecule has 1 aliphatic heterocycles. The lowest BCUT2D eigenvalue weighted by Gasteiger charge is -2.23. The zero-order chi connectivity index (χ0) is 13.1. The van der Waals surface area contributed by atoms with Crippen LogP contribution in [-0.4, -0.2) is 35.7 Å². The predicted octanol–water partition coefficient (Wildman–Crippen LogP) is 1.99. The quantitative estimate of drug-likeness (QED) is 0.886. The van der Waals surface area contributed by atoms with Crippen LogP contribution < -0.4 is 4.74 Å². The predicted molar refractivity (Wildman–Crippen MR) is 68.6 cm³/mol. The fraction of sp³-hybridized carbons (Fsp3) is 0.500. The number of para-hydroxylation sites is 1. The van der Waals surface area contributed by atoms with E-state index in [9.17, 15) is 4.79 Å². The third-order valence-electron chi connectivity index (χ3n) is 3.77. The van der Waals surface area contributed by atoms with Crippen LogP contribution in [0, 0.1) is 5.92 Å². The molecule has 0 bridgehead atoms. The molecule has 1 N–H and O–H groups in total. The molecule has 4 heteroatoms. The monoisotopic (exact) mass is 249 g/mol. The van der Waals surface area contributed by atoms with Gasteiger partial charge in [0.15, 0.2) is 0 Å². The molecule has 2 rings (SSSR count). The van der Waals surface area contributed by atoms with Gasteiger partial charge in [-0.25, -0.2) is 0 Å². The number of rotatable bonds is 4. The Morgan fingerprint density at radius 1 is 1.50 bits per heavy atom. The molecule has 2 atom stereocenters. The van der Waals surface area contributed by atoms with Crippen molar-refractivity contribution in [1.82, 2.24) is 4.90 Å². The number of benzene rings is 1. The molecule has 0 radical (unpaired) electrons. The maximum atomic E-state index is 11.1. The molecule has 1 heterocycles. The first-order valence-electron chi connectivity index (χ1n) is 6.22. The molecule has 98 valence electrons. The summed E-state index contributed by atoms with van der Waals surface area (Å²) in [6, 6.07) is 7.96. The highest BCUT2D eigenvalue weighted by Gasteiger charge is 2.35. The number of aliphatic carboxylic acids is 1. The van der Waals surface area contributed by atoms with Crippen LogP contribution >= 0.6 is 0 Å². The molecule has 0 amide bonds. The molecule has 1 saturated heterocycles. The fourth-order valence-electron chi connectivity index (χ4n) is 2.61. The number of hydrogen-bond acceptors (Lipinski definition) is 3. The molecular weight excluding hydrogens is 230 g/mol. The van der Waals surface area contributed by atoms with Gasteiger partial charge < -0.3 is 9.84 Å². The van der Waals surface area contributed by atoms with Crippen molar-refractivity contribution in [2.75, 3.05) is 13.7 Å². The molecule has 1 fully saturated rings. The maximum Gasteiger partial charge on any atom is 0.308 e. The van der Waals surface area contributed by atoms with Gasteiger partial charge in [-0.1, -0.05) is 18.2 Å². The lowest BCUT2D eigenvalue weighted by atomic mass is 10.0. The molecule has 0 saturated carbocycles. The molecule has 1 aromatic carbocycles. The first kappa shape index (κ1) is 12.9. The summed E-state index contributed by atoms with van der Waals surface area (Å²) in [5.41, 5.74) is 1.11. The number of likely N-dealkylation sites (tertiary alicyclic amines) is 1. The number of ether oxygens (including phenoxy) is 1. The smallest absolute Gasteiger partial charge is 0.308 e. The Morgan fingerprint density at radius 2 is 2.22 bits per heavy atom. The van der Waals surface area contributed by atoms with Gasteiger partial charge in [-0.2, -0.15) is 0 Å². The number of carboxylic acids is 1. The highest BCUT2D eigenvalue weighted by atomic mass is 16.5. The minimum Gasteiger partial charge on any atom is -0.496 e. The van der Waals surface area contributed by atoms with Crippen LogP contribution in [0.4, 0.5) is 0 Å². The molecule has 1 aromatic rings. The third-order valence-corrected chi connectivity index (χ3v) is 3.77. The summed E-state index contributed by atoms with van der Waals surface area (Å²) in [5.74, 6) is -0.0757. The van der Waals surface area contributed by atoms with Crippen LogP contribution in [0.25, 0.3) is 0 Å². The van der Waals surface area contributed by atoms with Crippen molar-refractivity contribution in [3.05, 3.63) is 29.8 Å².